The minimum atomic E-state index is -1.01. The molecule has 0 bridgehead atoms. The minimum Gasteiger partial charge on any atom is -0.480 e. The average molecular weight is 266 g/mol. The molecule has 0 saturated carbocycles. The molecule has 0 spiro atoms. The number of hydrogen-bond acceptors (Lipinski definition) is 4. The summed E-state index contributed by atoms with van der Waals surface area (Å²) in [5.74, 6) is -1.45. The largest absolute Gasteiger partial charge is 0.480 e. The van der Waals surface area contributed by atoms with Crippen LogP contribution in [0.25, 0.3) is 0 Å². The third kappa shape index (κ3) is 3.09. The van der Waals surface area contributed by atoms with Gasteiger partial charge in [-0.3, -0.25) is 19.1 Å². The molecule has 1 saturated heterocycles. The zero-order valence-corrected chi connectivity index (χ0v) is 10.4. The van der Waals surface area contributed by atoms with Gasteiger partial charge in [0.2, 0.25) is 11.8 Å². The molecule has 2 N–H and O–H groups in total. The molecular formula is C11H14N4O4. The van der Waals surface area contributed by atoms with Gasteiger partial charge in [-0.15, -0.1) is 0 Å². The van der Waals surface area contributed by atoms with Gasteiger partial charge in [-0.2, -0.15) is 5.10 Å². The Balaban J connectivity index is 1.94. The van der Waals surface area contributed by atoms with Crippen molar-refractivity contribution in [1.82, 2.24) is 14.7 Å². The van der Waals surface area contributed by atoms with Crippen molar-refractivity contribution in [2.45, 2.75) is 13.0 Å². The van der Waals surface area contributed by atoms with E-state index in [0.717, 1.165) is 0 Å². The lowest BCUT2D eigenvalue weighted by Gasteiger charge is -2.09. The van der Waals surface area contributed by atoms with E-state index in [1.165, 1.54) is 21.8 Å². The van der Waals surface area contributed by atoms with Crippen LogP contribution in [0, 0.1) is 5.92 Å². The molecule has 2 amide bonds. The highest BCUT2D eigenvalue weighted by Gasteiger charge is 2.32. The summed E-state index contributed by atoms with van der Waals surface area (Å²) in [4.78, 5) is 35.2. The average Bonchev–Trinajstić information content (AvgIpc) is 2.86. The summed E-state index contributed by atoms with van der Waals surface area (Å²) in [6.45, 7) is 0.126. The summed E-state index contributed by atoms with van der Waals surface area (Å²) in [7, 11) is 1.65. The number of carbonyl (C=O) groups is 3. The summed E-state index contributed by atoms with van der Waals surface area (Å²) in [5, 5.41) is 15.1. The van der Waals surface area contributed by atoms with Crippen molar-refractivity contribution in [2.24, 2.45) is 5.92 Å². The van der Waals surface area contributed by atoms with Crippen molar-refractivity contribution in [3.05, 3.63) is 12.3 Å². The number of amides is 2. The Bertz CT molecular complexity index is 525. The minimum absolute atomic E-state index is 0.0587. The first kappa shape index (κ1) is 13.1. The van der Waals surface area contributed by atoms with Gasteiger partial charge >= 0.3 is 5.97 Å². The molecule has 0 unspecified atom stereocenters. The fourth-order valence-electron chi connectivity index (χ4n) is 1.92. The van der Waals surface area contributed by atoms with Crippen LogP contribution in [0.4, 0.5) is 5.82 Å². The van der Waals surface area contributed by atoms with Crippen molar-refractivity contribution in [1.29, 1.82) is 0 Å². The van der Waals surface area contributed by atoms with Gasteiger partial charge in [-0.25, -0.2) is 0 Å². The van der Waals surface area contributed by atoms with Crippen molar-refractivity contribution in [3.63, 3.8) is 0 Å². The maximum Gasteiger partial charge on any atom is 0.325 e. The SMILES string of the molecule is CN1C[C@H](C(=O)Nc2ccn(CC(=O)O)n2)CC1=O. The third-order valence-electron chi connectivity index (χ3n) is 2.90. The fourth-order valence-corrected chi connectivity index (χ4v) is 1.92. The molecule has 102 valence electrons. The van der Waals surface area contributed by atoms with Crippen molar-refractivity contribution >= 4 is 23.6 Å². The van der Waals surface area contributed by atoms with E-state index in [9.17, 15) is 14.4 Å². The third-order valence-corrected chi connectivity index (χ3v) is 2.90. The zero-order chi connectivity index (χ0) is 14.0. The quantitative estimate of drug-likeness (QED) is 0.756. The van der Waals surface area contributed by atoms with Crippen LogP contribution < -0.4 is 5.32 Å². The Kier molecular flexibility index (Phi) is 3.50. The van der Waals surface area contributed by atoms with Crippen molar-refractivity contribution in [3.8, 4) is 0 Å². The summed E-state index contributed by atoms with van der Waals surface area (Å²) in [5.41, 5.74) is 0. The van der Waals surface area contributed by atoms with E-state index >= 15 is 0 Å². The van der Waals surface area contributed by atoms with Gasteiger partial charge in [0, 0.05) is 32.3 Å². The van der Waals surface area contributed by atoms with Gasteiger partial charge in [0.25, 0.3) is 0 Å². The molecule has 8 nitrogen and oxygen atoms in total. The zero-order valence-electron chi connectivity index (χ0n) is 10.4. The first-order valence-corrected chi connectivity index (χ1v) is 5.76. The number of carbonyl (C=O) groups excluding carboxylic acids is 2. The summed E-state index contributed by atoms with van der Waals surface area (Å²) >= 11 is 0. The molecule has 1 atom stereocenters. The number of rotatable bonds is 4. The molecule has 1 aliphatic heterocycles. The van der Waals surface area contributed by atoms with Crippen LogP contribution in [-0.4, -0.2) is 51.2 Å². The van der Waals surface area contributed by atoms with Crippen LogP contribution in [0.15, 0.2) is 12.3 Å². The summed E-state index contributed by atoms with van der Waals surface area (Å²) in [6.07, 6.45) is 1.66. The second-order valence-corrected chi connectivity index (χ2v) is 4.46. The van der Waals surface area contributed by atoms with E-state index in [1.54, 1.807) is 7.05 Å². The predicted molar refractivity (Wildman–Crippen MR) is 64.2 cm³/mol. The van der Waals surface area contributed by atoms with Gasteiger partial charge in [0.1, 0.15) is 6.54 Å². The molecule has 8 heteroatoms. The second-order valence-electron chi connectivity index (χ2n) is 4.46. The van der Waals surface area contributed by atoms with Gasteiger partial charge < -0.3 is 15.3 Å². The molecule has 1 aromatic heterocycles. The number of nitrogens with zero attached hydrogens (tertiary/aromatic N) is 3. The Morgan fingerprint density at radius 3 is 2.89 bits per heavy atom. The maximum atomic E-state index is 11.9. The van der Waals surface area contributed by atoms with Crippen LogP contribution in [0.2, 0.25) is 0 Å². The number of carboxylic acids is 1. The topological polar surface area (TPSA) is 105 Å². The highest BCUT2D eigenvalue weighted by molar-refractivity contribution is 5.96. The normalized spacial score (nSPS) is 18.7. The van der Waals surface area contributed by atoms with E-state index in [0.29, 0.717) is 6.54 Å². The molecule has 0 aliphatic carbocycles. The monoisotopic (exact) mass is 266 g/mol. The smallest absolute Gasteiger partial charge is 0.325 e. The number of aromatic nitrogens is 2. The van der Waals surface area contributed by atoms with Gasteiger partial charge in [0.05, 0.1) is 5.92 Å². The van der Waals surface area contributed by atoms with Crippen LogP contribution in [0.1, 0.15) is 6.42 Å². The van der Waals surface area contributed by atoms with Crippen LogP contribution >= 0.6 is 0 Å². The maximum absolute atomic E-state index is 11.9. The molecule has 1 aliphatic rings. The van der Waals surface area contributed by atoms with Crippen molar-refractivity contribution in [2.75, 3.05) is 18.9 Å². The molecule has 0 aromatic carbocycles. The van der Waals surface area contributed by atoms with E-state index < -0.39 is 5.97 Å². The van der Waals surface area contributed by atoms with Crippen molar-refractivity contribution < 1.29 is 19.5 Å². The standard InChI is InChI=1S/C11H14N4O4/c1-14-5-7(4-9(14)16)11(19)12-8-2-3-15(13-8)6-10(17)18/h2-3,7H,4-6H2,1H3,(H,17,18)(H,12,13,19)/t7-/m1/s1. The lowest BCUT2D eigenvalue weighted by molar-refractivity contribution is -0.137. The Morgan fingerprint density at radius 1 is 1.58 bits per heavy atom. The molecule has 2 rings (SSSR count). The van der Waals surface area contributed by atoms with E-state index in [1.807, 2.05) is 0 Å². The number of aliphatic carboxylic acids is 1. The Hall–Kier alpha value is -2.38. The highest BCUT2D eigenvalue weighted by atomic mass is 16.4. The Morgan fingerprint density at radius 2 is 2.32 bits per heavy atom. The lowest BCUT2D eigenvalue weighted by atomic mass is 10.1. The van der Waals surface area contributed by atoms with Crippen LogP contribution in [0.5, 0.6) is 0 Å². The van der Waals surface area contributed by atoms with E-state index in [2.05, 4.69) is 10.4 Å². The molecule has 2 heterocycles. The second kappa shape index (κ2) is 5.09. The van der Waals surface area contributed by atoms with E-state index in [-0.39, 0.29) is 36.5 Å². The molecule has 1 aromatic rings. The van der Waals surface area contributed by atoms with Gasteiger partial charge in [0.15, 0.2) is 5.82 Å². The lowest BCUT2D eigenvalue weighted by Crippen LogP contribution is -2.26. The first-order chi connectivity index (χ1) is 8.95. The number of likely N-dealkylation sites (tertiary alicyclic amines) is 1. The van der Waals surface area contributed by atoms with Gasteiger partial charge in [-0.05, 0) is 0 Å². The van der Waals surface area contributed by atoms with Gasteiger partial charge in [-0.1, -0.05) is 0 Å². The van der Waals surface area contributed by atoms with Crippen LogP contribution in [0.3, 0.4) is 0 Å². The number of nitrogens with one attached hydrogen (secondary N) is 1. The molecule has 0 radical (unpaired) electrons. The number of carboxylic acid groups (broad SMARTS) is 1. The molecule has 19 heavy (non-hydrogen) atoms. The Labute approximate surface area is 109 Å². The van der Waals surface area contributed by atoms with E-state index in [4.69, 9.17) is 5.11 Å². The summed E-state index contributed by atoms with van der Waals surface area (Å²) in [6, 6.07) is 1.52. The highest BCUT2D eigenvalue weighted by Crippen LogP contribution is 2.17. The predicted octanol–water partition coefficient (Wildman–Crippen LogP) is -0.615. The number of anilines is 1. The fraction of sp³-hybridized carbons (Fsp3) is 0.455. The first-order valence-electron chi connectivity index (χ1n) is 5.76. The molecule has 1 fully saturated rings. The number of hydrogen-bond donors (Lipinski definition) is 2. The summed E-state index contributed by atoms with van der Waals surface area (Å²) < 4.78 is 1.21. The van der Waals surface area contributed by atoms with Crippen LogP contribution in [-0.2, 0) is 20.9 Å². The molecular weight excluding hydrogens is 252 g/mol.